The van der Waals surface area contributed by atoms with Gasteiger partial charge in [-0.3, -0.25) is 14.4 Å². The Bertz CT molecular complexity index is 1270. The second kappa shape index (κ2) is 53.2. The Balaban J connectivity index is 4.36. The molecule has 0 bridgehead atoms. The number of esters is 3. The molecule has 65 heavy (non-hydrogen) atoms. The average molecular weight is 905 g/mol. The minimum atomic E-state index is -0.801. The van der Waals surface area contributed by atoms with E-state index in [9.17, 15) is 14.4 Å². The molecule has 0 aromatic heterocycles. The third-order valence-electron chi connectivity index (χ3n) is 11.4. The summed E-state index contributed by atoms with van der Waals surface area (Å²) in [5.74, 6) is -0.965. The van der Waals surface area contributed by atoms with Gasteiger partial charge < -0.3 is 14.2 Å². The molecule has 0 aromatic carbocycles. The minimum Gasteiger partial charge on any atom is -0.462 e. The summed E-state index contributed by atoms with van der Waals surface area (Å²) >= 11 is 0. The highest BCUT2D eigenvalue weighted by Crippen LogP contribution is 2.16. The van der Waals surface area contributed by atoms with Crippen LogP contribution in [0.4, 0.5) is 0 Å². The number of hydrogen-bond acceptors (Lipinski definition) is 6. The molecule has 1 unspecified atom stereocenters. The Kier molecular flexibility index (Phi) is 50.4. The second-order valence-electron chi connectivity index (χ2n) is 17.7. The molecular formula is C59H100O6. The zero-order valence-electron chi connectivity index (χ0n) is 42.5. The molecule has 0 fully saturated rings. The van der Waals surface area contributed by atoms with Crippen LogP contribution in [0.2, 0.25) is 0 Å². The number of carbonyl (C=O) groups excluding carboxylic acids is 3. The third-order valence-corrected chi connectivity index (χ3v) is 11.4. The number of rotatable bonds is 48. The number of unbranched alkanes of at least 4 members (excludes halogenated alkanes) is 23. The lowest BCUT2D eigenvalue weighted by atomic mass is 10.0. The molecule has 0 N–H and O–H groups in total. The average Bonchev–Trinajstić information content (AvgIpc) is 3.30. The standard InChI is InChI=1S/C59H100O6/c1-4-7-10-13-16-19-21-23-25-27-29-31-33-35-37-40-43-46-49-52-58(61)64-55-56(54-63-57(60)51-48-45-42-39-18-15-12-9-6-3)65-59(62)53-50-47-44-41-38-36-34-32-30-28-26-24-22-20-17-14-11-8-5-2/h7,9-10,12,16,18-19,23,25,29,31,35,37,39,56H,4-6,8,11,13-15,17,20-22,24,26-28,30,32-34,36,38,40-55H2,1-3H3/b10-7-,12-9-,19-16-,25-23-,31-29-,37-35-,39-18-. The Labute approximate surface area is 401 Å². The molecule has 0 aliphatic heterocycles. The predicted molar refractivity (Wildman–Crippen MR) is 279 cm³/mol. The second-order valence-corrected chi connectivity index (χ2v) is 17.7. The van der Waals surface area contributed by atoms with Crippen molar-refractivity contribution in [3.63, 3.8) is 0 Å². The Morgan fingerprint density at radius 3 is 0.969 bits per heavy atom. The molecule has 0 spiro atoms. The van der Waals surface area contributed by atoms with Crippen molar-refractivity contribution in [2.24, 2.45) is 0 Å². The van der Waals surface area contributed by atoms with Gasteiger partial charge in [-0.25, -0.2) is 0 Å². The summed E-state index contributed by atoms with van der Waals surface area (Å²) in [6.45, 7) is 6.35. The van der Waals surface area contributed by atoms with Crippen LogP contribution in [0.15, 0.2) is 85.1 Å². The molecule has 0 saturated carbocycles. The van der Waals surface area contributed by atoms with Crippen molar-refractivity contribution in [2.75, 3.05) is 13.2 Å². The van der Waals surface area contributed by atoms with Crippen LogP contribution in [0, 0.1) is 0 Å². The van der Waals surface area contributed by atoms with Gasteiger partial charge in [0.1, 0.15) is 13.2 Å². The van der Waals surface area contributed by atoms with Gasteiger partial charge in [0.25, 0.3) is 0 Å². The van der Waals surface area contributed by atoms with Crippen molar-refractivity contribution in [1.82, 2.24) is 0 Å². The summed E-state index contributed by atoms with van der Waals surface area (Å²) < 4.78 is 16.7. The lowest BCUT2D eigenvalue weighted by Crippen LogP contribution is -2.30. The van der Waals surface area contributed by atoms with Gasteiger partial charge in [0.2, 0.25) is 0 Å². The molecule has 0 heterocycles. The molecule has 0 aromatic rings. The summed E-state index contributed by atoms with van der Waals surface area (Å²) in [5, 5.41) is 0. The fraction of sp³-hybridized carbons (Fsp3) is 0.712. The first-order chi connectivity index (χ1) is 32.0. The van der Waals surface area contributed by atoms with Crippen molar-refractivity contribution in [2.45, 2.75) is 258 Å². The topological polar surface area (TPSA) is 78.9 Å². The maximum Gasteiger partial charge on any atom is 0.306 e. The van der Waals surface area contributed by atoms with Crippen molar-refractivity contribution in [3.8, 4) is 0 Å². The summed E-state index contributed by atoms with van der Waals surface area (Å²) in [5.41, 5.74) is 0. The summed E-state index contributed by atoms with van der Waals surface area (Å²) in [6, 6.07) is 0. The van der Waals surface area contributed by atoms with Gasteiger partial charge in [-0.2, -0.15) is 0 Å². The Hall–Kier alpha value is -3.41. The first-order valence-electron chi connectivity index (χ1n) is 27.1. The fourth-order valence-electron chi connectivity index (χ4n) is 7.39. The van der Waals surface area contributed by atoms with Crippen LogP contribution in [0.25, 0.3) is 0 Å². The highest BCUT2D eigenvalue weighted by molar-refractivity contribution is 5.71. The molecule has 372 valence electrons. The third kappa shape index (κ3) is 51.4. The van der Waals surface area contributed by atoms with Crippen LogP contribution in [0.1, 0.15) is 252 Å². The van der Waals surface area contributed by atoms with Gasteiger partial charge >= 0.3 is 17.9 Å². The predicted octanol–water partition coefficient (Wildman–Crippen LogP) is 18.0. The number of carbonyl (C=O) groups is 3. The maximum absolute atomic E-state index is 12.8. The van der Waals surface area contributed by atoms with E-state index in [0.717, 1.165) is 109 Å². The number of hydrogen-bond donors (Lipinski definition) is 0. The van der Waals surface area contributed by atoms with Gasteiger partial charge in [0.15, 0.2) is 6.10 Å². The zero-order valence-corrected chi connectivity index (χ0v) is 42.5. The Morgan fingerprint density at radius 2 is 0.600 bits per heavy atom. The minimum absolute atomic E-state index is 0.103. The molecular weight excluding hydrogens is 805 g/mol. The van der Waals surface area contributed by atoms with Gasteiger partial charge in [0.05, 0.1) is 0 Å². The monoisotopic (exact) mass is 905 g/mol. The SMILES string of the molecule is CC/C=C\C/C=C\C/C=C\C/C=C\C/C=C\CCCCCC(=O)OCC(COC(=O)CCCC/C=C\C/C=C\CC)OC(=O)CCCCCCCCCCCCCCCCCCCCC. The fourth-order valence-corrected chi connectivity index (χ4v) is 7.39. The van der Waals surface area contributed by atoms with Crippen LogP contribution in [-0.2, 0) is 28.6 Å². The largest absolute Gasteiger partial charge is 0.462 e. The molecule has 0 radical (unpaired) electrons. The van der Waals surface area contributed by atoms with Crippen molar-refractivity contribution >= 4 is 17.9 Å². The van der Waals surface area contributed by atoms with E-state index in [1.165, 1.54) is 103 Å². The van der Waals surface area contributed by atoms with E-state index < -0.39 is 6.10 Å². The van der Waals surface area contributed by atoms with E-state index in [1.807, 2.05) is 0 Å². The van der Waals surface area contributed by atoms with E-state index in [0.29, 0.717) is 19.3 Å². The molecule has 0 aliphatic carbocycles. The van der Waals surface area contributed by atoms with E-state index in [4.69, 9.17) is 14.2 Å². The summed E-state index contributed by atoms with van der Waals surface area (Å²) in [6.07, 6.45) is 68.8. The van der Waals surface area contributed by atoms with E-state index in [1.54, 1.807) is 0 Å². The molecule has 1 atom stereocenters. The van der Waals surface area contributed by atoms with E-state index >= 15 is 0 Å². The Morgan fingerprint density at radius 1 is 0.323 bits per heavy atom. The molecule has 0 aliphatic rings. The van der Waals surface area contributed by atoms with Gasteiger partial charge in [-0.1, -0.05) is 228 Å². The van der Waals surface area contributed by atoms with E-state index in [-0.39, 0.29) is 31.1 Å². The lowest BCUT2D eigenvalue weighted by Gasteiger charge is -2.18. The van der Waals surface area contributed by atoms with Crippen LogP contribution in [0.3, 0.4) is 0 Å². The smallest absolute Gasteiger partial charge is 0.306 e. The zero-order chi connectivity index (χ0) is 47.2. The van der Waals surface area contributed by atoms with Crippen LogP contribution >= 0.6 is 0 Å². The summed E-state index contributed by atoms with van der Waals surface area (Å²) in [7, 11) is 0. The van der Waals surface area contributed by atoms with E-state index in [2.05, 4.69) is 106 Å². The highest BCUT2D eigenvalue weighted by atomic mass is 16.6. The normalized spacial score (nSPS) is 12.7. The quantitative estimate of drug-likeness (QED) is 0.0262. The highest BCUT2D eigenvalue weighted by Gasteiger charge is 2.19. The molecule has 0 rings (SSSR count). The van der Waals surface area contributed by atoms with Crippen LogP contribution in [-0.4, -0.2) is 37.2 Å². The first-order valence-corrected chi connectivity index (χ1v) is 27.1. The lowest BCUT2D eigenvalue weighted by molar-refractivity contribution is -0.167. The van der Waals surface area contributed by atoms with Gasteiger partial charge in [0, 0.05) is 19.3 Å². The molecule has 6 nitrogen and oxygen atoms in total. The van der Waals surface area contributed by atoms with Crippen molar-refractivity contribution in [1.29, 1.82) is 0 Å². The van der Waals surface area contributed by atoms with Gasteiger partial charge in [-0.15, -0.1) is 0 Å². The van der Waals surface area contributed by atoms with Gasteiger partial charge in [-0.05, 0) is 89.9 Å². The molecule has 6 heteroatoms. The van der Waals surface area contributed by atoms with Crippen LogP contribution in [0.5, 0.6) is 0 Å². The number of allylic oxidation sites excluding steroid dienone is 14. The van der Waals surface area contributed by atoms with Crippen molar-refractivity contribution < 1.29 is 28.6 Å². The summed E-state index contributed by atoms with van der Waals surface area (Å²) in [4.78, 5) is 37.9. The first kappa shape index (κ1) is 61.6. The van der Waals surface area contributed by atoms with Crippen LogP contribution < -0.4 is 0 Å². The molecule has 0 amide bonds. The van der Waals surface area contributed by atoms with Crippen molar-refractivity contribution in [3.05, 3.63) is 85.1 Å². The maximum atomic E-state index is 12.8. The number of ether oxygens (including phenoxy) is 3. The molecule has 0 saturated heterocycles.